The highest BCUT2D eigenvalue weighted by atomic mass is 16.3. The van der Waals surface area contributed by atoms with E-state index in [4.69, 9.17) is 10.2 Å². The number of aliphatic hydroxyl groups excluding tert-OH is 2. The summed E-state index contributed by atoms with van der Waals surface area (Å²) in [6.45, 7) is -0.00518. The van der Waals surface area contributed by atoms with Crippen LogP contribution in [0.4, 0.5) is 0 Å². The van der Waals surface area contributed by atoms with Gasteiger partial charge in [0.05, 0.1) is 13.2 Å². The van der Waals surface area contributed by atoms with E-state index in [1.807, 2.05) is 24.3 Å². The van der Waals surface area contributed by atoms with Crippen molar-refractivity contribution in [1.82, 2.24) is 0 Å². The van der Waals surface area contributed by atoms with Crippen LogP contribution in [0.2, 0.25) is 0 Å². The van der Waals surface area contributed by atoms with E-state index in [2.05, 4.69) is 23.7 Å². The van der Waals surface area contributed by atoms with Gasteiger partial charge in [0, 0.05) is 11.1 Å². The predicted molar refractivity (Wildman–Crippen MR) is 72.6 cm³/mol. The van der Waals surface area contributed by atoms with E-state index >= 15 is 0 Å². The number of hydrogen-bond acceptors (Lipinski definition) is 2. The summed E-state index contributed by atoms with van der Waals surface area (Å²) in [5.41, 5.74) is 1.74. The van der Waals surface area contributed by atoms with Gasteiger partial charge in [-0.25, -0.2) is 0 Å². The van der Waals surface area contributed by atoms with Gasteiger partial charge in [-0.3, -0.25) is 0 Å². The normalized spacial score (nSPS) is 9.89. The molecule has 0 heterocycles. The van der Waals surface area contributed by atoms with E-state index < -0.39 is 0 Å². The van der Waals surface area contributed by atoms with Crippen LogP contribution in [-0.2, 0) is 0 Å². The van der Waals surface area contributed by atoms with Gasteiger partial charge in [-0.05, 0) is 30.4 Å². The lowest BCUT2D eigenvalue weighted by Crippen LogP contribution is -1.78. The first kappa shape index (κ1) is 13.8. The Balaban J connectivity index is 2.77. The number of benzene rings is 1. The highest BCUT2D eigenvalue weighted by molar-refractivity contribution is 5.45. The Kier molecular flexibility index (Phi) is 6.78. The summed E-state index contributed by atoms with van der Waals surface area (Å²) in [5, 5.41) is 17.1. The highest BCUT2D eigenvalue weighted by Gasteiger charge is 1.88. The zero-order valence-electron chi connectivity index (χ0n) is 9.93. The molecule has 0 amide bonds. The molecule has 1 rings (SSSR count). The molecular weight excluding hydrogens is 224 g/mol. The minimum Gasteiger partial charge on any atom is -0.392 e. The van der Waals surface area contributed by atoms with Crippen LogP contribution in [0.5, 0.6) is 0 Å². The molecule has 0 aliphatic carbocycles. The van der Waals surface area contributed by atoms with Crippen molar-refractivity contribution < 1.29 is 10.2 Å². The summed E-state index contributed by atoms with van der Waals surface area (Å²) in [4.78, 5) is 0. The van der Waals surface area contributed by atoms with Crippen molar-refractivity contribution >= 4 is 0 Å². The van der Waals surface area contributed by atoms with Gasteiger partial charge >= 0.3 is 0 Å². The second-order valence-electron chi connectivity index (χ2n) is 3.29. The smallest absolute Gasteiger partial charge is 0.0621 e. The molecule has 0 fully saturated rings. The van der Waals surface area contributed by atoms with Crippen LogP contribution < -0.4 is 0 Å². The molecule has 0 spiro atoms. The molecule has 0 radical (unpaired) electrons. The van der Waals surface area contributed by atoms with Crippen molar-refractivity contribution in [2.75, 3.05) is 13.2 Å². The second-order valence-corrected chi connectivity index (χ2v) is 3.29. The Morgan fingerprint density at radius 2 is 1.39 bits per heavy atom. The molecule has 0 unspecified atom stereocenters. The van der Waals surface area contributed by atoms with Crippen LogP contribution in [0.25, 0.3) is 0 Å². The molecule has 2 heteroatoms. The Labute approximate surface area is 107 Å². The van der Waals surface area contributed by atoms with Crippen LogP contribution in [-0.4, -0.2) is 23.4 Å². The van der Waals surface area contributed by atoms with Crippen molar-refractivity contribution in [2.24, 2.45) is 0 Å². The summed E-state index contributed by atoms with van der Waals surface area (Å²) in [6.07, 6.45) is 6.39. The van der Waals surface area contributed by atoms with Gasteiger partial charge in [-0.15, -0.1) is 0 Å². The molecule has 1 aromatic carbocycles. The predicted octanol–water partition coefficient (Wildman–Crippen LogP) is 1.49. The summed E-state index contributed by atoms with van der Waals surface area (Å²) < 4.78 is 0. The van der Waals surface area contributed by atoms with Crippen LogP contribution in [0, 0.1) is 23.7 Å². The average Bonchev–Trinajstić information content (AvgIpc) is 2.40. The Morgan fingerprint density at radius 3 is 1.83 bits per heavy atom. The molecule has 2 N–H and O–H groups in total. The third-order valence-corrected chi connectivity index (χ3v) is 1.91. The minimum absolute atomic E-state index is 0.00259. The average molecular weight is 238 g/mol. The molecule has 18 heavy (non-hydrogen) atoms. The summed E-state index contributed by atoms with van der Waals surface area (Å²) in [5.74, 6) is 11.5. The van der Waals surface area contributed by atoms with Crippen molar-refractivity contribution in [3.8, 4) is 23.7 Å². The molecule has 0 bridgehead atoms. The van der Waals surface area contributed by atoms with Crippen molar-refractivity contribution in [2.45, 2.75) is 0 Å². The molecule has 0 saturated heterocycles. The number of rotatable bonds is 2. The van der Waals surface area contributed by atoms with E-state index in [0.29, 0.717) is 0 Å². The quantitative estimate of drug-likeness (QED) is 0.766. The van der Waals surface area contributed by atoms with Gasteiger partial charge in [0.15, 0.2) is 0 Å². The van der Waals surface area contributed by atoms with Gasteiger partial charge in [0.25, 0.3) is 0 Å². The van der Waals surface area contributed by atoms with E-state index in [1.54, 1.807) is 24.3 Å². The molecule has 0 aliphatic heterocycles. The summed E-state index contributed by atoms with van der Waals surface area (Å²) >= 11 is 0. The highest BCUT2D eigenvalue weighted by Crippen LogP contribution is 2.02. The lowest BCUT2D eigenvalue weighted by Gasteiger charge is -1.91. The van der Waals surface area contributed by atoms with E-state index in [1.165, 1.54) is 0 Å². The van der Waals surface area contributed by atoms with Crippen molar-refractivity contribution in [3.63, 3.8) is 0 Å². The third kappa shape index (κ3) is 5.72. The first-order chi connectivity index (χ1) is 8.86. The van der Waals surface area contributed by atoms with Crippen LogP contribution in [0.15, 0.2) is 48.6 Å². The van der Waals surface area contributed by atoms with Gasteiger partial charge in [0.2, 0.25) is 0 Å². The molecular formula is C16H14O2. The van der Waals surface area contributed by atoms with Crippen LogP contribution in [0.1, 0.15) is 11.1 Å². The van der Waals surface area contributed by atoms with Crippen molar-refractivity contribution in [1.29, 1.82) is 0 Å². The van der Waals surface area contributed by atoms with Gasteiger partial charge in [-0.2, -0.15) is 0 Å². The van der Waals surface area contributed by atoms with Gasteiger partial charge < -0.3 is 10.2 Å². The number of hydrogen-bond donors (Lipinski definition) is 2. The SMILES string of the molecule is OCC=CC#Cc1cccc(C#CC=CCO)c1. The molecule has 1 aromatic rings. The maximum atomic E-state index is 8.55. The molecule has 0 atom stereocenters. The zero-order chi connectivity index (χ0) is 13.1. The number of aliphatic hydroxyl groups is 2. The van der Waals surface area contributed by atoms with Crippen molar-refractivity contribution in [3.05, 3.63) is 59.7 Å². The van der Waals surface area contributed by atoms with Gasteiger partial charge in [0.1, 0.15) is 0 Å². The summed E-state index contributed by atoms with van der Waals surface area (Å²) in [6, 6.07) is 7.57. The largest absolute Gasteiger partial charge is 0.392 e. The van der Waals surface area contributed by atoms with Crippen LogP contribution >= 0.6 is 0 Å². The van der Waals surface area contributed by atoms with E-state index in [9.17, 15) is 0 Å². The monoisotopic (exact) mass is 238 g/mol. The maximum absolute atomic E-state index is 8.55. The van der Waals surface area contributed by atoms with E-state index in [-0.39, 0.29) is 13.2 Å². The standard InChI is InChI=1S/C16H14O2/c17-12-5-1-3-8-15-10-7-11-16(14-15)9-4-2-6-13-18/h1-2,5-7,10-11,14,17-18H,12-13H2. The molecule has 0 aliphatic rings. The Hall–Kier alpha value is -2.26. The maximum Gasteiger partial charge on any atom is 0.0621 e. The third-order valence-electron chi connectivity index (χ3n) is 1.91. The molecule has 2 nitrogen and oxygen atoms in total. The Morgan fingerprint density at radius 1 is 0.889 bits per heavy atom. The second kappa shape index (κ2) is 8.84. The van der Waals surface area contributed by atoms with E-state index in [0.717, 1.165) is 11.1 Å². The molecule has 0 saturated carbocycles. The minimum atomic E-state index is -0.00259. The first-order valence-corrected chi connectivity index (χ1v) is 5.51. The van der Waals surface area contributed by atoms with Crippen LogP contribution in [0.3, 0.4) is 0 Å². The number of allylic oxidation sites excluding steroid dienone is 2. The summed E-state index contributed by atoms with van der Waals surface area (Å²) in [7, 11) is 0. The molecule has 0 aromatic heterocycles. The lowest BCUT2D eigenvalue weighted by atomic mass is 10.1. The lowest BCUT2D eigenvalue weighted by molar-refractivity contribution is 0.342. The Bertz CT molecular complexity index is 498. The zero-order valence-corrected chi connectivity index (χ0v) is 9.93. The fourth-order valence-electron chi connectivity index (χ4n) is 1.15. The topological polar surface area (TPSA) is 40.5 Å². The fourth-order valence-corrected chi connectivity index (χ4v) is 1.15. The fraction of sp³-hybridized carbons (Fsp3) is 0.125. The first-order valence-electron chi connectivity index (χ1n) is 5.51. The van der Waals surface area contributed by atoms with Gasteiger partial charge in [-0.1, -0.05) is 41.9 Å². The molecule has 90 valence electrons.